The highest BCUT2D eigenvalue weighted by Crippen LogP contribution is 2.26. The molecule has 0 fully saturated rings. The average Bonchev–Trinajstić information content (AvgIpc) is 2.56. The topological polar surface area (TPSA) is 84.9 Å². The van der Waals surface area contributed by atoms with E-state index >= 15 is 0 Å². The molecule has 0 saturated carbocycles. The van der Waals surface area contributed by atoms with E-state index in [1.807, 2.05) is 48.5 Å². The molecule has 0 bridgehead atoms. The van der Waals surface area contributed by atoms with Crippen molar-refractivity contribution in [3.05, 3.63) is 29.3 Å². The lowest BCUT2D eigenvalue weighted by atomic mass is 10.0. The third kappa shape index (κ3) is 10.4. The second-order valence-corrected chi connectivity index (χ2v) is 9.34. The van der Waals surface area contributed by atoms with Crippen LogP contribution in [0.2, 0.25) is 0 Å². The van der Waals surface area contributed by atoms with Gasteiger partial charge < -0.3 is 19.9 Å². The van der Waals surface area contributed by atoms with Gasteiger partial charge >= 0.3 is 11.9 Å². The summed E-state index contributed by atoms with van der Waals surface area (Å²) in [6.45, 7) is 14.2. The van der Waals surface area contributed by atoms with Gasteiger partial charge in [-0.3, -0.25) is 9.59 Å². The van der Waals surface area contributed by atoms with Gasteiger partial charge in [0, 0.05) is 30.5 Å². The molecule has 1 unspecified atom stereocenters. The molecular weight excluding hydrogens is 370 g/mol. The van der Waals surface area contributed by atoms with Crippen LogP contribution in [0.5, 0.6) is 5.75 Å². The van der Waals surface area contributed by atoms with Crippen molar-refractivity contribution in [3.8, 4) is 5.75 Å². The Labute approximate surface area is 175 Å². The number of benzene rings is 1. The Morgan fingerprint density at radius 2 is 1.62 bits per heavy atom. The highest BCUT2D eigenvalue weighted by atomic mass is 16.5. The first-order valence-electron chi connectivity index (χ1n) is 10.3. The number of β-amino-alcohol motifs (C(OH)–C–C–N with tert-alkyl or cyclic N) is 1. The minimum atomic E-state index is -0.736. The van der Waals surface area contributed by atoms with E-state index in [-0.39, 0.29) is 35.9 Å². The molecule has 1 aromatic carbocycles. The number of hydrogen-bond acceptors (Lipinski definition) is 6. The van der Waals surface area contributed by atoms with Crippen molar-refractivity contribution in [1.29, 1.82) is 0 Å². The average molecular weight is 408 g/mol. The zero-order valence-corrected chi connectivity index (χ0v) is 18.9. The van der Waals surface area contributed by atoms with Crippen molar-refractivity contribution in [2.24, 2.45) is 11.8 Å². The molecule has 0 amide bonds. The molecule has 0 heterocycles. The summed E-state index contributed by atoms with van der Waals surface area (Å²) < 4.78 is 10.9. The fourth-order valence-corrected chi connectivity index (χ4v) is 2.59. The summed E-state index contributed by atoms with van der Waals surface area (Å²) >= 11 is 0. The van der Waals surface area contributed by atoms with Crippen LogP contribution in [-0.4, -0.2) is 29.1 Å². The lowest BCUT2D eigenvalue weighted by Gasteiger charge is -2.23. The van der Waals surface area contributed by atoms with Crippen LogP contribution < -0.4 is 10.1 Å². The molecule has 6 heteroatoms. The maximum Gasteiger partial charge on any atom is 0.311 e. The number of carbonyl (C=O) groups is 2. The van der Waals surface area contributed by atoms with E-state index in [1.165, 1.54) is 0 Å². The van der Waals surface area contributed by atoms with Crippen LogP contribution in [0.4, 0.5) is 0 Å². The van der Waals surface area contributed by atoms with Crippen molar-refractivity contribution in [1.82, 2.24) is 5.32 Å². The molecule has 0 radical (unpaired) electrons. The van der Waals surface area contributed by atoms with Crippen LogP contribution >= 0.6 is 0 Å². The number of ether oxygens (including phenoxy) is 2. The molecule has 1 aromatic rings. The van der Waals surface area contributed by atoms with E-state index in [9.17, 15) is 14.7 Å². The first-order valence-corrected chi connectivity index (χ1v) is 10.3. The maximum absolute atomic E-state index is 12.1. The van der Waals surface area contributed by atoms with E-state index in [4.69, 9.17) is 9.47 Å². The maximum atomic E-state index is 12.1. The van der Waals surface area contributed by atoms with Crippen molar-refractivity contribution >= 4 is 11.9 Å². The Hall–Kier alpha value is -1.92. The van der Waals surface area contributed by atoms with Gasteiger partial charge in [0.05, 0.1) is 6.10 Å². The van der Waals surface area contributed by atoms with E-state index in [0.717, 1.165) is 0 Å². The highest BCUT2D eigenvalue weighted by molar-refractivity contribution is 5.73. The van der Waals surface area contributed by atoms with Gasteiger partial charge in [0.2, 0.25) is 0 Å². The molecule has 0 aliphatic heterocycles. The summed E-state index contributed by atoms with van der Waals surface area (Å²) in [5.74, 6) is 0.0897. The molecule has 0 spiro atoms. The summed E-state index contributed by atoms with van der Waals surface area (Å²) in [5, 5.41) is 13.8. The van der Waals surface area contributed by atoms with E-state index in [1.54, 1.807) is 18.2 Å². The summed E-state index contributed by atoms with van der Waals surface area (Å²) in [6, 6.07) is 5.11. The molecule has 1 atom stereocenters. The number of esters is 2. The Bertz CT molecular complexity index is 676. The number of hydrogen-bond donors (Lipinski definition) is 2. The van der Waals surface area contributed by atoms with E-state index in [2.05, 4.69) is 5.32 Å². The molecule has 1 rings (SSSR count). The van der Waals surface area contributed by atoms with Crippen LogP contribution in [0.1, 0.15) is 78.5 Å². The molecule has 2 N–H and O–H groups in total. The molecule has 6 nitrogen and oxygen atoms in total. The van der Waals surface area contributed by atoms with Gasteiger partial charge in [-0.25, -0.2) is 0 Å². The molecule has 164 valence electrons. The van der Waals surface area contributed by atoms with Crippen LogP contribution in [-0.2, 0) is 20.9 Å². The lowest BCUT2D eigenvalue weighted by Crippen LogP contribution is -2.38. The van der Waals surface area contributed by atoms with Gasteiger partial charge in [-0.05, 0) is 50.3 Å². The summed E-state index contributed by atoms with van der Waals surface area (Å²) in [5.41, 5.74) is 1.11. The Balaban J connectivity index is 2.98. The molecule has 29 heavy (non-hydrogen) atoms. The predicted octanol–water partition coefficient (Wildman–Crippen LogP) is 4.15. The van der Waals surface area contributed by atoms with Crippen LogP contribution in [0, 0.1) is 11.8 Å². The first kappa shape index (κ1) is 25.1. The minimum absolute atomic E-state index is 0.0108. The Morgan fingerprint density at radius 3 is 2.17 bits per heavy atom. The van der Waals surface area contributed by atoms with Crippen molar-refractivity contribution in [2.75, 3.05) is 6.54 Å². The first-order chi connectivity index (χ1) is 13.4. The lowest BCUT2D eigenvalue weighted by molar-refractivity contribution is -0.145. The normalized spacial score (nSPS) is 12.9. The Kier molecular flexibility index (Phi) is 9.80. The highest BCUT2D eigenvalue weighted by Gasteiger charge is 2.18. The monoisotopic (exact) mass is 407 g/mol. The number of aliphatic hydroxyl groups is 1. The number of nitrogens with one attached hydrogen (secondary N) is 1. The van der Waals surface area contributed by atoms with Crippen LogP contribution in [0.25, 0.3) is 0 Å². The van der Waals surface area contributed by atoms with Gasteiger partial charge in [-0.2, -0.15) is 0 Å². The van der Waals surface area contributed by atoms with Crippen LogP contribution in [0.3, 0.4) is 0 Å². The molecule has 0 aromatic heterocycles. The standard InChI is InChI=1S/C23H37NO5/c1-15(2)10-21(26)28-14-18-12-17(19(25)13-24-23(5,6)7)8-9-20(18)29-22(27)11-16(3)4/h8-9,12,15-16,19,24-25H,10-11,13-14H2,1-7H3. The van der Waals surface area contributed by atoms with E-state index in [0.29, 0.717) is 36.3 Å². The summed E-state index contributed by atoms with van der Waals surface area (Å²) in [4.78, 5) is 24.0. The van der Waals surface area contributed by atoms with Gasteiger partial charge in [0.1, 0.15) is 12.4 Å². The third-order valence-corrected chi connectivity index (χ3v) is 4.06. The zero-order chi connectivity index (χ0) is 22.2. The van der Waals surface area contributed by atoms with E-state index < -0.39 is 6.10 Å². The van der Waals surface area contributed by atoms with Crippen LogP contribution in [0.15, 0.2) is 18.2 Å². The SMILES string of the molecule is CC(C)CC(=O)OCc1cc(C(O)CNC(C)(C)C)ccc1OC(=O)CC(C)C. The van der Waals surface area contributed by atoms with Gasteiger partial charge in [-0.1, -0.05) is 33.8 Å². The van der Waals surface area contributed by atoms with Gasteiger partial charge in [-0.15, -0.1) is 0 Å². The number of aliphatic hydroxyl groups excluding tert-OH is 1. The van der Waals surface area contributed by atoms with Crippen molar-refractivity contribution in [2.45, 2.75) is 79.6 Å². The van der Waals surface area contributed by atoms with Gasteiger partial charge in [0.25, 0.3) is 0 Å². The van der Waals surface area contributed by atoms with Crippen molar-refractivity contribution in [3.63, 3.8) is 0 Å². The fourth-order valence-electron chi connectivity index (χ4n) is 2.59. The minimum Gasteiger partial charge on any atom is -0.461 e. The number of carbonyl (C=O) groups excluding carboxylic acids is 2. The van der Waals surface area contributed by atoms with Gasteiger partial charge in [0.15, 0.2) is 0 Å². The third-order valence-electron chi connectivity index (χ3n) is 4.06. The Morgan fingerprint density at radius 1 is 1.03 bits per heavy atom. The smallest absolute Gasteiger partial charge is 0.311 e. The van der Waals surface area contributed by atoms with Crippen molar-refractivity contribution < 1.29 is 24.2 Å². The summed E-state index contributed by atoms with van der Waals surface area (Å²) in [6.07, 6.45) is -0.119. The summed E-state index contributed by atoms with van der Waals surface area (Å²) in [7, 11) is 0. The second kappa shape index (κ2) is 11.3. The molecule has 0 saturated heterocycles. The predicted molar refractivity (Wildman–Crippen MR) is 113 cm³/mol. The molecule has 0 aliphatic carbocycles. The quantitative estimate of drug-likeness (QED) is 0.448. The molecule has 0 aliphatic rings. The zero-order valence-electron chi connectivity index (χ0n) is 18.9. The molecular formula is C23H37NO5. The number of rotatable bonds is 10. The second-order valence-electron chi connectivity index (χ2n) is 9.34. The fraction of sp³-hybridized carbons (Fsp3) is 0.652. The largest absolute Gasteiger partial charge is 0.461 e.